The molecule has 0 aliphatic carbocycles. The minimum absolute atomic E-state index is 0.00991. The van der Waals surface area contributed by atoms with Gasteiger partial charge in [-0.2, -0.15) is 0 Å². The van der Waals surface area contributed by atoms with E-state index in [1.165, 1.54) is 25.9 Å². The number of carbonyl (C=O) groups excluding carboxylic acids is 1. The van der Waals surface area contributed by atoms with Crippen molar-refractivity contribution in [1.82, 2.24) is 10.2 Å². The molecule has 0 radical (unpaired) electrons. The van der Waals surface area contributed by atoms with Crippen LogP contribution in [0.15, 0.2) is 18.2 Å². The molecule has 3 fully saturated rings. The van der Waals surface area contributed by atoms with Crippen LogP contribution < -0.4 is 10.1 Å². The third-order valence-corrected chi connectivity index (χ3v) is 4.57. The van der Waals surface area contributed by atoms with Crippen LogP contribution in [0.3, 0.4) is 0 Å². The second-order valence-electron chi connectivity index (χ2n) is 5.92. The Bertz CT molecular complexity index is 507. The van der Waals surface area contributed by atoms with Crippen LogP contribution in [0, 0.1) is 12.8 Å². The molecule has 20 heavy (non-hydrogen) atoms. The number of piperidine rings is 3. The molecule has 1 aromatic carbocycles. The van der Waals surface area contributed by atoms with Gasteiger partial charge >= 0.3 is 0 Å². The van der Waals surface area contributed by atoms with Crippen LogP contribution in [0.25, 0.3) is 0 Å². The topological polar surface area (TPSA) is 41.6 Å². The summed E-state index contributed by atoms with van der Waals surface area (Å²) in [4.78, 5) is 15.0. The van der Waals surface area contributed by atoms with Gasteiger partial charge in [-0.05, 0) is 50.9 Å². The Balaban J connectivity index is 1.75. The van der Waals surface area contributed by atoms with Crippen molar-refractivity contribution in [1.29, 1.82) is 0 Å². The van der Waals surface area contributed by atoms with Crippen LogP contribution in [0.4, 0.5) is 0 Å². The van der Waals surface area contributed by atoms with Crippen molar-refractivity contribution in [3.63, 3.8) is 0 Å². The van der Waals surface area contributed by atoms with E-state index in [9.17, 15) is 4.79 Å². The third-order valence-electron chi connectivity index (χ3n) is 4.57. The van der Waals surface area contributed by atoms with E-state index in [4.69, 9.17) is 4.74 Å². The highest BCUT2D eigenvalue weighted by Crippen LogP contribution is 2.28. The van der Waals surface area contributed by atoms with E-state index in [0.29, 0.717) is 17.2 Å². The summed E-state index contributed by atoms with van der Waals surface area (Å²) >= 11 is 0. The quantitative estimate of drug-likeness (QED) is 0.914. The van der Waals surface area contributed by atoms with Crippen molar-refractivity contribution in [2.24, 2.45) is 5.92 Å². The molecule has 4 rings (SSSR count). The molecule has 0 spiro atoms. The molecule has 1 N–H and O–H groups in total. The maximum Gasteiger partial charge on any atom is 0.255 e. The summed E-state index contributed by atoms with van der Waals surface area (Å²) in [5, 5.41) is 3.21. The Morgan fingerprint density at radius 1 is 1.35 bits per heavy atom. The second kappa shape index (κ2) is 5.44. The minimum Gasteiger partial charge on any atom is -0.496 e. The van der Waals surface area contributed by atoms with Gasteiger partial charge in [0.15, 0.2) is 0 Å². The largest absolute Gasteiger partial charge is 0.496 e. The third kappa shape index (κ3) is 2.52. The maximum atomic E-state index is 12.5. The normalized spacial score (nSPS) is 28.2. The lowest BCUT2D eigenvalue weighted by Gasteiger charge is -2.44. The van der Waals surface area contributed by atoms with Crippen LogP contribution in [0.1, 0.15) is 28.8 Å². The van der Waals surface area contributed by atoms with Crippen molar-refractivity contribution >= 4 is 5.91 Å². The van der Waals surface area contributed by atoms with Crippen molar-refractivity contribution in [2.75, 3.05) is 26.7 Å². The van der Waals surface area contributed by atoms with E-state index in [-0.39, 0.29) is 11.9 Å². The fraction of sp³-hybridized carbons (Fsp3) is 0.562. The molecule has 2 bridgehead atoms. The number of carbonyl (C=O) groups is 1. The number of fused-ring (bicyclic) bond motifs is 3. The zero-order chi connectivity index (χ0) is 14.1. The molecule has 4 heteroatoms. The van der Waals surface area contributed by atoms with Gasteiger partial charge < -0.3 is 15.0 Å². The van der Waals surface area contributed by atoms with Crippen LogP contribution >= 0.6 is 0 Å². The number of hydrogen-bond donors (Lipinski definition) is 1. The van der Waals surface area contributed by atoms with Crippen LogP contribution in [-0.4, -0.2) is 43.6 Å². The first-order valence-corrected chi connectivity index (χ1v) is 7.35. The summed E-state index contributed by atoms with van der Waals surface area (Å²) < 4.78 is 5.30. The molecule has 0 unspecified atom stereocenters. The predicted molar refractivity (Wildman–Crippen MR) is 78.1 cm³/mol. The second-order valence-corrected chi connectivity index (χ2v) is 5.92. The number of rotatable bonds is 3. The molecule has 3 aliphatic rings. The molecule has 3 saturated heterocycles. The molecule has 4 nitrogen and oxygen atoms in total. The molecule has 108 valence electrons. The Labute approximate surface area is 120 Å². The highest BCUT2D eigenvalue weighted by Gasteiger charge is 2.35. The summed E-state index contributed by atoms with van der Waals surface area (Å²) in [7, 11) is 1.61. The fourth-order valence-electron chi connectivity index (χ4n) is 3.37. The average Bonchev–Trinajstić information content (AvgIpc) is 2.48. The molecular weight excluding hydrogens is 252 g/mol. The predicted octanol–water partition coefficient (Wildman–Crippen LogP) is 1.83. The Morgan fingerprint density at radius 2 is 2.10 bits per heavy atom. The summed E-state index contributed by atoms with van der Waals surface area (Å²) in [5.41, 5.74) is 1.72. The number of aryl methyl sites for hydroxylation is 1. The van der Waals surface area contributed by atoms with Crippen LogP contribution in [0.5, 0.6) is 5.75 Å². The van der Waals surface area contributed by atoms with E-state index < -0.39 is 0 Å². The van der Waals surface area contributed by atoms with Gasteiger partial charge in [-0.3, -0.25) is 4.79 Å². The van der Waals surface area contributed by atoms with Crippen LogP contribution in [0.2, 0.25) is 0 Å². The highest BCUT2D eigenvalue weighted by molar-refractivity contribution is 5.97. The molecule has 3 aliphatic heterocycles. The van der Waals surface area contributed by atoms with Crippen molar-refractivity contribution in [2.45, 2.75) is 25.8 Å². The zero-order valence-electron chi connectivity index (χ0n) is 12.2. The molecule has 0 saturated carbocycles. The minimum atomic E-state index is -0.00991. The lowest BCUT2D eigenvalue weighted by Crippen LogP contribution is -2.57. The van der Waals surface area contributed by atoms with Crippen molar-refractivity contribution in [3.05, 3.63) is 29.3 Å². The molecule has 1 atom stereocenters. The van der Waals surface area contributed by atoms with Gasteiger partial charge in [0.2, 0.25) is 0 Å². The highest BCUT2D eigenvalue weighted by atomic mass is 16.5. The molecule has 1 amide bonds. The van der Waals surface area contributed by atoms with Gasteiger partial charge in [0.05, 0.1) is 12.7 Å². The summed E-state index contributed by atoms with van der Waals surface area (Å²) in [5.74, 6) is 1.28. The number of nitrogens with one attached hydrogen (secondary N) is 1. The van der Waals surface area contributed by atoms with E-state index in [2.05, 4.69) is 10.2 Å². The Hall–Kier alpha value is -1.55. The van der Waals surface area contributed by atoms with Crippen molar-refractivity contribution in [3.8, 4) is 5.75 Å². The van der Waals surface area contributed by atoms with Crippen LogP contribution in [-0.2, 0) is 0 Å². The van der Waals surface area contributed by atoms with Gasteiger partial charge in [0, 0.05) is 12.6 Å². The first kappa shape index (κ1) is 13.4. The van der Waals surface area contributed by atoms with Gasteiger partial charge in [-0.1, -0.05) is 11.6 Å². The Kier molecular flexibility index (Phi) is 3.66. The summed E-state index contributed by atoms with van der Waals surface area (Å²) in [6.45, 7) is 5.35. The monoisotopic (exact) mass is 274 g/mol. The first-order chi connectivity index (χ1) is 9.67. The number of benzene rings is 1. The number of amides is 1. The average molecular weight is 274 g/mol. The number of methoxy groups -OCH3 is 1. The first-order valence-electron chi connectivity index (χ1n) is 7.35. The lowest BCUT2D eigenvalue weighted by atomic mass is 9.84. The van der Waals surface area contributed by atoms with Crippen molar-refractivity contribution < 1.29 is 9.53 Å². The van der Waals surface area contributed by atoms with Gasteiger partial charge in [0.25, 0.3) is 5.91 Å². The number of nitrogens with zero attached hydrogens (tertiary/aromatic N) is 1. The van der Waals surface area contributed by atoms with Gasteiger partial charge in [-0.15, -0.1) is 0 Å². The molecule has 3 heterocycles. The fourth-order valence-corrected chi connectivity index (χ4v) is 3.37. The smallest absolute Gasteiger partial charge is 0.255 e. The summed E-state index contributed by atoms with van der Waals surface area (Å²) in [6, 6.07) is 6.01. The number of ether oxygens (including phenoxy) is 1. The van der Waals surface area contributed by atoms with Gasteiger partial charge in [0.1, 0.15) is 5.75 Å². The standard InChI is InChI=1S/C16H22N2O2/c1-11-3-4-15(20-2)13(9-11)16(19)17-14-10-18-7-5-12(14)6-8-18/h3-4,9,12,14H,5-8,10H2,1-2H3,(H,17,19)/t14-/m1/s1. The van der Waals surface area contributed by atoms with E-state index >= 15 is 0 Å². The van der Waals surface area contributed by atoms with E-state index in [0.717, 1.165) is 12.1 Å². The zero-order valence-corrected chi connectivity index (χ0v) is 12.2. The lowest BCUT2D eigenvalue weighted by molar-refractivity contribution is 0.0619. The maximum absolute atomic E-state index is 12.5. The molecular formula is C16H22N2O2. The summed E-state index contributed by atoms with van der Waals surface area (Å²) in [6.07, 6.45) is 2.41. The SMILES string of the molecule is COc1ccc(C)cc1C(=O)N[C@@H]1CN2CCC1CC2. The Morgan fingerprint density at radius 3 is 2.70 bits per heavy atom. The van der Waals surface area contributed by atoms with Gasteiger partial charge in [-0.25, -0.2) is 0 Å². The number of hydrogen-bond acceptors (Lipinski definition) is 3. The molecule has 0 aromatic heterocycles. The molecule has 1 aromatic rings. The van der Waals surface area contributed by atoms with E-state index in [1.807, 2.05) is 25.1 Å². The van der Waals surface area contributed by atoms with E-state index in [1.54, 1.807) is 7.11 Å².